The second-order valence-electron chi connectivity index (χ2n) is 6.93. The van der Waals surface area contributed by atoms with Crippen molar-refractivity contribution < 1.29 is 18.4 Å². The number of oxazole rings is 1. The summed E-state index contributed by atoms with van der Waals surface area (Å²) in [5.41, 5.74) is 1.03. The van der Waals surface area contributed by atoms with Gasteiger partial charge in [0.25, 0.3) is 5.91 Å². The Kier molecular flexibility index (Phi) is 5.16. The summed E-state index contributed by atoms with van der Waals surface area (Å²) in [5, 5.41) is 0. The quantitative estimate of drug-likeness (QED) is 0.678. The molecule has 0 atom stereocenters. The van der Waals surface area contributed by atoms with Crippen LogP contribution in [0.4, 0.5) is 4.39 Å². The second kappa shape index (κ2) is 7.90. The first-order valence-electron chi connectivity index (χ1n) is 9.44. The molecule has 0 unspecified atom stereocenters. The Balaban J connectivity index is 1.45. The van der Waals surface area contributed by atoms with Crippen molar-refractivity contribution in [1.82, 2.24) is 14.4 Å². The van der Waals surface area contributed by atoms with Gasteiger partial charge in [0.05, 0.1) is 11.1 Å². The number of aromatic nitrogens is 1. The molecule has 150 valence electrons. The number of fused-ring (bicyclic) bond motifs is 1. The summed E-state index contributed by atoms with van der Waals surface area (Å²) in [6.45, 7) is 1.40. The average Bonchev–Trinajstić information content (AvgIpc) is 2.89. The highest BCUT2D eigenvalue weighted by Gasteiger charge is 2.25. The van der Waals surface area contributed by atoms with Gasteiger partial charge in [0.15, 0.2) is 5.58 Å². The van der Waals surface area contributed by atoms with E-state index in [9.17, 15) is 18.8 Å². The molecule has 2 amide bonds. The molecule has 0 saturated carbocycles. The van der Waals surface area contributed by atoms with Gasteiger partial charge in [0, 0.05) is 26.2 Å². The normalized spacial score (nSPS) is 14.8. The smallest absolute Gasteiger partial charge is 0.408 e. The number of halogens is 1. The summed E-state index contributed by atoms with van der Waals surface area (Å²) in [4.78, 5) is 40.7. The highest BCUT2D eigenvalue weighted by atomic mass is 19.1. The fourth-order valence-corrected chi connectivity index (χ4v) is 3.57. The molecule has 0 aliphatic carbocycles. The lowest BCUT2D eigenvalue weighted by Crippen LogP contribution is -2.39. The molecule has 0 N–H and O–H groups in total. The third kappa shape index (κ3) is 3.78. The van der Waals surface area contributed by atoms with Crippen LogP contribution in [0.2, 0.25) is 0 Å². The number of benzene rings is 2. The molecule has 7 nitrogen and oxygen atoms in total. The Morgan fingerprint density at radius 2 is 1.62 bits per heavy atom. The average molecular weight is 397 g/mol. The van der Waals surface area contributed by atoms with Gasteiger partial charge in [-0.1, -0.05) is 24.3 Å². The van der Waals surface area contributed by atoms with Gasteiger partial charge in [-0.05, 0) is 30.7 Å². The summed E-state index contributed by atoms with van der Waals surface area (Å²) in [7, 11) is 0. The zero-order valence-corrected chi connectivity index (χ0v) is 15.7. The summed E-state index contributed by atoms with van der Waals surface area (Å²) in [6.07, 6.45) is 0.576. The van der Waals surface area contributed by atoms with E-state index in [1.54, 1.807) is 40.1 Å². The molecule has 1 saturated heterocycles. The van der Waals surface area contributed by atoms with Crippen LogP contribution in [0, 0.1) is 5.82 Å². The van der Waals surface area contributed by atoms with E-state index < -0.39 is 11.6 Å². The highest BCUT2D eigenvalue weighted by molar-refractivity contribution is 5.94. The summed E-state index contributed by atoms with van der Waals surface area (Å²) in [6, 6.07) is 12.8. The van der Waals surface area contributed by atoms with Crippen molar-refractivity contribution in [2.24, 2.45) is 0 Å². The molecular weight excluding hydrogens is 377 g/mol. The van der Waals surface area contributed by atoms with Crippen molar-refractivity contribution in [2.45, 2.75) is 13.0 Å². The molecule has 1 fully saturated rings. The van der Waals surface area contributed by atoms with E-state index in [1.165, 1.54) is 22.8 Å². The Labute approximate surface area is 165 Å². The van der Waals surface area contributed by atoms with Crippen molar-refractivity contribution in [2.75, 3.05) is 26.2 Å². The molecule has 0 bridgehead atoms. The van der Waals surface area contributed by atoms with E-state index in [0.717, 1.165) is 0 Å². The first-order chi connectivity index (χ1) is 14.0. The monoisotopic (exact) mass is 397 g/mol. The zero-order chi connectivity index (χ0) is 20.4. The fraction of sp³-hybridized carbons (Fsp3) is 0.286. The van der Waals surface area contributed by atoms with Gasteiger partial charge in [0.2, 0.25) is 5.91 Å². The standard InChI is InChI=1S/C21H20FN3O4/c22-16-7-2-1-6-15(16)20(27)24-11-5-10-23(12-13-24)19(26)14-25-17-8-3-4-9-18(17)29-21(25)28/h1-4,6-9H,5,10-14H2. The van der Waals surface area contributed by atoms with Crippen LogP contribution in [-0.4, -0.2) is 52.4 Å². The maximum absolute atomic E-state index is 13.9. The van der Waals surface area contributed by atoms with E-state index in [-0.39, 0.29) is 23.9 Å². The Bertz CT molecular complexity index is 1120. The van der Waals surface area contributed by atoms with Gasteiger partial charge >= 0.3 is 5.76 Å². The molecule has 4 rings (SSSR count). The summed E-state index contributed by atoms with van der Waals surface area (Å²) < 4.78 is 20.4. The minimum absolute atomic E-state index is 0.0312. The zero-order valence-electron chi connectivity index (χ0n) is 15.7. The molecule has 3 aromatic rings. The van der Waals surface area contributed by atoms with Crippen LogP contribution in [0.5, 0.6) is 0 Å². The topological polar surface area (TPSA) is 75.8 Å². The number of carbonyl (C=O) groups excluding carboxylic acids is 2. The van der Waals surface area contributed by atoms with Gasteiger partial charge in [-0.25, -0.2) is 9.18 Å². The molecule has 1 aliphatic heterocycles. The molecule has 29 heavy (non-hydrogen) atoms. The molecule has 2 aromatic carbocycles. The minimum Gasteiger partial charge on any atom is -0.408 e. The van der Waals surface area contributed by atoms with Gasteiger partial charge < -0.3 is 14.2 Å². The van der Waals surface area contributed by atoms with E-state index in [1.807, 2.05) is 0 Å². The van der Waals surface area contributed by atoms with Crippen LogP contribution in [0.3, 0.4) is 0 Å². The third-order valence-corrected chi connectivity index (χ3v) is 5.11. The van der Waals surface area contributed by atoms with Gasteiger partial charge in [-0.15, -0.1) is 0 Å². The van der Waals surface area contributed by atoms with Gasteiger partial charge in [0.1, 0.15) is 12.4 Å². The lowest BCUT2D eigenvalue weighted by Gasteiger charge is -2.22. The van der Waals surface area contributed by atoms with Crippen molar-refractivity contribution in [1.29, 1.82) is 0 Å². The largest absolute Gasteiger partial charge is 0.420 e. The van der Waals surface area contributed by atoms with E-state index in [4.69, 9.17) is 4.42 Å². The number of amides is 2. The predicted octanol–water partition coefficient (Wildman–Crippen LogP) is 2.11. The first kappa shape index (κ1) is 18.9. The summed E-state index contributed by atoms with van der Waals surface area (Å²) in [5.74, 6) is -1.74. The number of para-hydroxylation sites is 2. The molecule has 1 aromatic heterocycles. The number of carbonyl (C=O) groups is 2. The SMILES string of the molecule is O=C(Cn1c(=O)oc2ccccc21)N1CCCN(C(=O)c2ccccc2F)CC1. The van der Waals surface area contributed by atoms with Crippen molar-refractivity contribution in [3.05, 3.63) is 70.5 Å². The van der Waals surface area contributed by atoms with Crippen LogP contribution in [-0.2, 0) is 11.3 Å². The van der Waals surface area contributed by atoms with E-state index in [2.05, 4.69) is 0 Å². The Morgan fingerprint density at radius 3 is 2.45 bits per heavy atom. The van der Waals surface area contributed by atoms with E-state index >= 15 is 0 Å². The van der Waals surface area contributed by atoms with Crippen molar-refractivity contribution in [3.8, 4) is 0 Å². The number of hydrogen-bond acceptors (Lipinski definition) is 4. The number of nitrogens with zero attached hydrogens (tertiary/aromatic N) is 3. The van der Waals surface area contributed by atoms with Gasteiger partial charge in [-0.2, -0.15) is 0 Å². The molecule has 2 heterocycles. The van der Waals surface area contributed by atoms with Crippen LogP contribution in [0.25, 0.3) is 11.1 Å². The number of rotatable bonds is 3. The second-order valence-corrected chi connectivity index (χ2v) is 6.93. The van der Waals surface area contributed by atoms with E-state index in [0.29, 0.717) is 43.7 Å². The highest BCUT2D eigenvalue weighted by Crippen LogP contribution is 2.14. The Hall–Kier alpha value is -3.42. The van der Waals surface area contributed by atoms with Crippen LogP contribution < -0.4 is 5.76 Å². The molecular formula is C21H20FN3O4. The van der Waals surface area contributed by atoms with Gasteiger partial charge in [-0.3, -0.25) is 14.2 Å². The fourth-order valence-electron chi connectivity index (χ4n) is 3.57. The third-order valence-electron chi connectivity index (χ3n) is 5.11. The van der Waals surface area contributed by atoms with Crippen LogP contribution in [0.15, 0.2) is 57.7 Å². The molecule has 8 heteroatoms. The predicted molar refractivity (Wildman–Crippen MR) is 104 cm³/mol. The maximum atomic E-state index is 13.9. The number of hydrogen-bond donors (Lipinski definition) is 0. The maximum Gasteiger partial charge on any atom is 0.420 e. The molecule has 1 aliphatic rings. The Morgan fingerprint density at radius 1 is 0.931 bits per heavy atom. The van der Waals surface area contributed by atoms with Crippen molar-refractivity contribution in [3.63, 3.8) is 0 Å². The van der Waals surface area contributed by atoms with Crippen molar-refractivity contribution >= 4 is 22.9 Å². The minimum atomic E-state index is -0.578. The lowest BCUT2D eigenvalue weighted by molar-refractivity contribution is -0.131. The van der Waals surface area contributed by atoms with Crippen LogP contribution >= 0.6 is 0 Å². The molecule has 0 radical (unpaired) electrons. The van der Waals surface area contributed by atoms with Crippen LogP contribution in [0.1, 0.15) is 16.8 Å². The summed E-state index contributed by atoms with van der Waals surface area (Å²) >= 11 is 0. The molecule has 0 spiro atoms. The first-order valence-corrected chi connectivity index (χ1v) is 9.44. The lowest BCUT2D eigenvalue weighted by atomic mass is 10.2.